The van der Waals surface area contributed by atoms with Crippen molar-refractivity contribution in [1.82, 2.24) is 0 Å². The van der Waals surface area contributed by atoms with E-state index >= 15 is 0 Å². The van der Waals surface area contributed by atoms with E-state index in [9.17, 15) is 55.9 Å². The first-order valence-corrected chi connectivity index (χ1v) is 25.3. The Balaban J connectivity index is 1.06. The second-order valence-corrected chi connectivity index (χ2v) is 24.4. The van der Waals surface area contributed by atoms with Crippen LogP contribution in [0, 0.1) is 50.2 Å². The lowest BCUT2D eigenvalue weighted by molar-refractivity contribution is -0.398. The average molecular weight is 985 g/mol. The van der Waals surface area contributed by atoms with Crippen LogP contribution in [0.5, 0.6) is 0 Å². The van der Waals surface area contributed by atoms with Crippen LogP contribution in [-0.4, -0.2) is 193 Å². The summed E-state index contributed by atoms with van der Waals surface area (Å²) >= 11 is 0. The summed E-state index contributed by atoms with van der Waals surface area (Å²) in [6.45, 7) is 15.7. The van der Waals surface area contributed by atoms with Crippen molar-refractivity contribution in [3.05, 3.63) is 12.2 Å². The lowest BCUT2D eigenvalue weighted by Crippen LogP contribution is -2.72. The van der Waals surface area contributed by atoms with E-state index < -0.39 is 140 Å². The number of hydrogen-bond donors (Lipinski definition) is 10. The molecule has 0 aromatic carbocycles. The van der Waals surface area contributed by atoms with Crippen molar-refractivity contribution < 1.29 is 93.8 Å². The molecule has 69 heavy (non-hydrogen) atoms. The summed E-state index contributed by atoms with van der Waals surface area (Å²) in [5.41, 5.74) is -2.70. The van der Waals surface area contributed by atoms with E-state index in [1.165, 1.54) is 6.92 Å². The number of aliphatic hydroxyl groups is 10. The van der Waals surface area contributed by atoms with Crippen LogP contribution in [0.4, 0.5) is 0 Å². The van der Waals surface area contributed by atoms with Gasteiger partial charge in [-0.2, -0.15) is 0 Å². The first-order chi connectivity index (χ1) is 32.3. The molecule has 0 radical (unpaired) electrons. The van der Waals surface area contributed by atoms with Gasteiger partial charge < -0.3 is 89.0 Å². The van der Waals surface area contributed by atoms with Gasteiger partial charge in [0.05, 0.1) is 50.3 Å². The Morgan fingerprint density at radius 1 is 0.667 bits per heavy atom. The van der Waals surface area contributed by atoms with Crippen LogP contribution in [0.1, 0.15) is 107 Å². The zero-order valence-corrected chi connectivity index (χ0v) is 41.3. The van der Waals surface area contributed by atoms with E-state index in [2.05, 4.69) is 46.8 Å². The van der Waals surface area contributed by atoms with Crippen molar-refractivity contribution in [3.8, 4) is 0 Å². The van der Waals surface area contributed by atoms with Gasteiger partial charge in [0, 0.05) is 29.1 Å². The van der Waals surface area contributed by atoms with Gasteiger partial charge in [-0.05, 0) is 86.4 Å². The highest BCUT2D eigenvalue weighted by atomic mass is 16.8. The molecule has 0 aromatic rings. The molecule has 4 heterocycles. The maximum Gasteiger partial charge on any atom is 0.302 e. The monoisotopic (exact) mass is 985 g/mol. The van der Waals surface area contributed by atoms with E-state index in [0.717, 1.165) is 25.7 Å². The van der Waals surface area contributed by atoms with Gasteiger partial charge >= 0.3 is 5.97 Å². The zero-order chi connectivity index (χ0) is 50.2. The molecule has 10 N–H and O–H groups in total. The van der Waals surface area contributed by atoms with E-state index in [4.69, 9.17) is 37.9 Å². The Bertz CT molecular complexity index is 1920. The SMILES string of the molecule is CC(=O)OCC1(C)[C@@H](O[C@@H]2O[C@H](C)[C@H](O)[C@H](O[C@@H]3O[C@H](CO)[C@@H](O)[C@H](O)[C@H]3O)[C@H]2O[C@@H]2O[C@H](CO)[C@@H](O)[C@H](O)[C@H]2O)CC[C@]2(C)[C@H]3C=C[C@]45OC[C@@]6(CCC(C)(C)C[C@H]64)[C@@H](O)C[C@@]5(C)[C@]3(C)CC[C@@H]12. The van der Waals surface area contributed by atoms with Crippen molar-refractivity contribution in [2.45, 2.75) is 217 Å². The van der Waals surface area contributed by atoms with Crippen molar-refractivity contribution in [3.63, 3.8) is 0 Å². The Kier molecular flexibility index (Phi) is 13.8. The van der Waals surface area contributed by atoms with Gasteiger partial charge in [0.1, 0.15) is 67.1 Å². The van der Waals surface area contributed by atoms with Gasteiger partial charge in [0.2, 0.25) is 0 Å². The Morgan fingerprint density at radius 2 is 1.28 bits per heavy atom. The second-order valence-electron chi connectivity index (χ2n) is 24.4. The number of esters is 1. The maximum atomic E-state index is 12.8. The van der Waals surface area contributed by atoms with Crippen LogP contribution in [0.3, 0.4) is 0 Å². The van der Waals surface area contributed by atoms with Crippen LogP contribution >= 0.6 is 0 Å². The molecule has 1 unspecified atom stereocenters. The van der Waals surface area contributed by atoms with E-state index in [0.29, 0.717) is 32.3 Å². The summed E-state index contributed by atoms with van der Waals surface area (Å²) in [6.07, 6.45) is -14.8. The molecule has 0 aromatic heterocycles. The van der Waals surface area contributed by atoms with Crippen molar-refractivity contribution in [2.75, 3.05) is 26.4 Å². The summed E-state index contributed by atoms with van der Waals surface area (Å²) < 4.78 is 50.6. The topological polar surface area (TPSA) is 293 Å². The molecule has 4 saturated carbocycles. The Hall–Kier alpha value is -1.47. The summed E-state index contributed by atoms with van der Waals surface area (Å²) in [6, 6.07) is 0. The molecule has 394 valence electrons. The fraction of sp³-hybridized carbons (Fsp3) is 0.940. The van der Waals surface area contributed by atoms with Gasteiger partial charge in [-0.15, -0.1) is 0 Å². The van der Waals surface area contributed by atoms with Gasteiger partial charge in [-0.25, -0.2) is 0 Å². The van der Waals surface area contributed by atoms with E-state index in [1.807, 2.05) is 6.92 Å². The lowest BCUT2D eigenvalue weighted by atomic mass is 9.32. The Morgan fingerprint density at radius 3 is 1.87 bits per heavy atom. The number of allylic oxidation sites excluding steroid dienone is 1. The highest BCUT2D eigenvalue weighted by Gasteiger charge is 2.79. The number of ether oxygens (including phenoxy) is 8. The third-order valence-corrected chi connectivity index (χ3v) is 20.3. The number of fused-ring (bicyclic) bond motifs is 4. The zero-order valence-electron chi connectivity index (χ0n) is 41.3. The largest absolute Gasteiger partial charge is 0.465 e. The minimum atomic E-state index is -1.90. The molecule has 0 amide bonds. The number of aliphatic hydroxyl groups excluding tert-OH is 10. The second kappa shape index (κ2) is 18.1. The van der Waals surface area contributed by atoms with Gasteiger partial charge in [-0.3, -0.25) is 4.79 Å². The standard InChI is InChI=1S/C50H80O19/c1-23-32(55)39(68-41-37(60)35(58)33(56)25(19-51)65-41)40(69-42-38(61)36(59)34(57)26(20-52)66-42)43(64-23)67-31-11-12-45(5)27(46(31,6)21-62-24(2)53)9-13-47(7)28(45)10-14-50-29-17-44(3,4)15-16-49(29,22-63-50)30(54)18-48(47,50)8/h10,14,23,25-43,51-52,54-61H,9,11-13,15-22H2,1-8H3/t23-,25-,26-,27-,28-,29-,30+,31+,32+,33-,34-,35+,36+,37-,38-,39+,40-,41+,42+,43+,45+,46?,47-,48+,49-,50+/m1/s1. The number of carbonyl (C=O) groups excluding carboxylic acids is 1. The van der Waals surface area contributed by atoms with Crippen molar-refractivity contribution in [1.29, 1.82) is 0 Å². The van der Waals surface area contributed by atoms with Crippen LogP contribution in [-0.2, 0) is 42.7 Å². The van der Waals surface area contributed by atoms with Gasteiger partial charge in [0.15, 0.2) is 18.9 Å². The minimum absolute atomic E-state index is 0.0252. The molecule has 9 rings (SSSR count). The lowest BCUT2D eigenvalue weighted by Gasteiger charge is -2.73. The van der Waals surface area contributed by atoms with Crippen LogP contribution < -0.4 is 0 Å². The molecule has 19 heteroatoms. The minimum Gasteiger partial charge on any atom is -0.465 e. The summed E-state index contributed by atoms with van der Waals surface area (Å²) in [7, 11) is 0. The molecule has 5 aliphatic carbocycles. The molecule has 4 aliphatic heterocycles. The maximum absolute atomic E-state index is 12.8. The smallest absolute Gasteiger partial charge is 0.302 e. The summed E-state index contributed by atoms with van der Waals surface area (Å²) in [4.78, 5) is 12.8. The van der Waals surface area contributed by atoms with Crippen LogP contribution in [0.15, 0.2) is 12.2 Å². The van der Waals surface area contributed by atoms with Gasteiger partial charge in [0.25, 0.3) is 0 Å². The molecule has 4 saturated heterocycles. The fourth-order valence-corrected chi connectivity index (χ4v) is 16.0. The molecule has 19 nitrogen and oxygen atoms in total. The molecule has 9 aliphatic rings. The van der Waals surface area contributed by atoms with E-state index in [-0.39, 0.29) is 46.0 Å². The predicted octanol–water partition coefficient (Wildman–Crippen LogP) is 0.172. The predicted molar refractivity (Wildman–Crippen MR) is 239 cm³/mol. The summed E-state index contributed by atoms with van der Waals surface area (Å²) in [5, 5.41) is 109. The quantitative estimate of drug-likeness (QED) is 0.0793. The highest BCUT2D eigenvalue weighted by molar-refractivity contribution is 5.66. The molecule has 8 fully saturated rings. The van der Waals surface area contributed by atoms with Gasteiger partial charge in [-0.1, -0.05) is 53.7 Å². The normalized spacial score (nSPS) is 56.6. The molecule has 1 spiro atoms. The molecular weight excluding hydrogens is 905 g/mol. The number of carbonyl (C=O) groups is 1. The number of rotatable bonds is 10. The van der Waals surface area contributed by atoms with Crippen LogP contribution in [0.25, 0.3) is 0 Å². The highest BCUT2D eigenvalue weighted by Crippen LogP contribution is 2.79. The number of hydrogen-bond acceptors (Lipinski definition) is 19. The fourth-order valence-electron chi connectivity index (χ4n) is 16.0. The first-order valence-electron chi connectivity index (χ1n) is 25.3. The summed E-state index contributed by atoms with van der Waals surface area (Å²) in [5.74, 6) is -0.404. The van der Waals surface area contributed by atoms with Crippen molar-refractivity contribution >= 4 is 5.97 Å². The first kappa shape index (κ1) is 52.4. The third kappa shape index (κ3) is 7.79. The average Bonchev–Trinajstić information content (AvgIpc) is 3.57. The van der Waals surface area contributed by atoms with Crippen LogP contribution in [0.2, 0.25) is 0 Å². The van der Waals surface area contributed by atoms with E-state index in [1.54, 1.807) is 6.92 Å². The molecular formula is C50H80O19. The molecule has 2 bridgehead atoms. The van der Waals surface area contributed by atoms with Crippen molar-refractivity contribution in [2.24, 2.45) is 50.2 Å². The Labute approximate surface area is 404 Å². The third-order valence-electron chi connectivity index (χ3n) is 20.3. The molecule has 26 atom stereocenters.